The van der Waals surface area contributed by atoms with Gasteiger partial charge in [0.25, 0.3) is 0 Å². The first-order valence-corrected chi connectivity index (χ1v) is 9.45. The number of halogens is 3. The van der Waals surface area contributed by atoms with Crippen LogP contribution in [0.15, 0.2) is 6.33 Å². The number of ether oxygens (including phenoxy) is 2. The zero-order valence-electron chi connectivity index (χ0n) is 13.9. The molecule has 0 radical (unpaired) electrons. The second-order valence-corrected chi connectivity index (χ2v) is 7.75. The number of alkyl halides is 1. The predicted octanol–water partition coefficient (Wildman–Crippen LogP) is 2.95. The van der Waals surface area contributed by atoms with Crippen LogP contribution in [0.5, 0.6) is 0 Å². The fourth-order valence-corrected chi connectivity index (χ4v) is 4.59. The van der Waals surface area contributed by atoms with E-state index in [4.69, 9.17) is 32.7 Å². The van der Waals surface area contributed by atoms with Crippen LogP contribution in [0.2, 0.25) is 10.4 Å². The number of carbonyl (C=O) groups excluding carboxylic acids is 2. The highest BCUT2D eigenvalue weighted by Crippen LogP contribution is 2.43. The molecule has 3 rings (SSSR count). The fourth-order valence-electron chi connectivity index (χ4n) is 3.16. The first-order chi connectivity index (χ1) is 12.3. The van der Waals surface area contributed by atoms with Gasteiger partial charge in [0.15, 0.2) is 10.8 Å². The van der Waals surface area contributed by atoms with Gasteiger partial charge in [-0.05, 0) is 18.0 Å². The number of carbonyl (C=O) groups is 2. The molecule has 0 aromatic carbocycles. The second-order valence-electron chi connectivity index (χ2n) is 5.99. The van der Waals surface area contributed by atoms with Gasteiger partial charge in [0.2, 0.25) is 5.28 Å². The third-order valence-corrected chi connectivity index (χ3v) is 5.77. The number of imidazole rings is 1. The van der Waals surface area contributed by atoms with Gasteiger partial charge >= 0.3 is 11.9 Å². The van der Waals surface area contributed by atoms with Crippen LogP contribution >= 0.6 is 39.1 Å². The Kier molecular flexibility index (Phi) is 5.69. The number of fused-ring (bicyclic) bond motifs is 1. The van der Waals surface area contributed by atoms with Crippen molar-refractivity contribution in [3.63, 3.8) is 0 Å². The molecule has 2 heterocycles. The second kappa shape index (κ2) is 7.66. The Hall–Kier alpha value is -1.45. The number of hydrogen-bond acceptors (Lipinski definition) is 7. The predicted molar refractivity (Wildman–Crippen MR) is 97.4 cm³/mol. The standard InChI is InChI=1S/C15H15BrCl2N4O4/c1-6(23)25-4-8-3-9(10(16)12(8)26-7(2)24)22-5-19-11-13(17)20-15(18)21-14(11)22/h5,8-10,12H,3-4H2,1-2H3/t8-,9-,10-,12-/m1/s1. The lowest BCUT2D eigenvalue weighted by atomic mass is 10.1. The summed E-state index contributed by atoms with van der Waals surface area (Å²) in [5.41, 5.74) is 0.919. The Balaban J connectivity index is 1.95. The van der Waals surface area contributed by atoms with E-state index in [-0.39, 0.29) is 39.8 Å². The lowest BCUT2D eigenvalue weighted by Gasteiger charge is -2.22. The van der Waals surface area contributed by atoms with Gasteiger partial charge < -0.3 is 14.0 Å². The molecule has 0 bridgehead atoms. The van der Waals surface area contributed by atoms with Crippen molar-refractivity contribution in [3.05, 3.63) is 16.8 Å². The number of rotatable bonds is 4. The summed E-state index contributed by atoms with van der Waals surface area (Å²) in [5.74, 6) is -0.972. The molecule has 4 atom stereocenters. The van der Waals surface area contributed by atoms with E-state index in [2.05, 4.69) is 30.9 Å². The van der Waals surface area contributed by atoms with Gasteiger partial charge in [-0.15, -0.1) is 0 Å². The first kappa shape index (κ1) is 19.3. The third kappa shape index (κ3) is 3.79. The van der Waals surface area contributed by atoms with E-state index < -0.39 is 12.1 Å². The molecule has 1 saturated carbocycles. The minimum absolute atomic E-state index is 0.0152. The van der Waals surface area contributed by atoms with Gasteiger partial charge in [-0.2, -0.15) is 4.98 Å². The van der Waals surface area contributed by atoms with E-state index >= 15 is 0 Å². The average molecular weight is 466 g/mol. The largest absolute Gasteiger partial charge is 0.465 e. The Morgan fingerprint density at radius 1 is 1.31 bits per heavy atom. The van der Waals surface area contributed by atoms with E-state index in [9.17, 15) is 9.59 Å². The van der Waals surface area contributed by atoms with E-state index in [1.807, 2.05) is 4.57 Å². The molecule has 11 heteroatoms. The molecular weight excluding hydrogens is 451 g/mol. The number of aromatic nitrogens is 4. The summed E-state index contributed by atoms with van der Waals surface area (Å²) in [5, 5.41) is 0.178. The maximum atomic E-state index is 11.5. The molecule has 2 aromatic heterocycles. The third-order valence-electron chi connectivity index (χ3n) is 4.20. The SMILES string of the molecule is CC(=O)OC[C@H]1C[C@@H](n2cnc3c(Cl)nc(Cl)nc32)[C@@H](Br)[C@@H]1OC(C)=O. The Bertz CT molecular complexity index is 862. The minimum atomic E-state index is -0.470. The molecule has 0 spiro atoms. The maximum absolute atomic E-state index is 11.5. The monoisotopic (exact) mass is 464 g/mol. The molecule has 1 fully saturated rings. The summed E-state index contributed by atoms with van der Waals surface area (Å²) in [6.07, 6.45) is 1.70. The van der Waals surface area contributed by atoms with Crippen LogP contribution in [-0.4, -0.2) is 49.0 Å². The highest BCUT2D eigenvalue weighted by molar-refractivity contribution is 9.09. The number of hydrogen-bond donors (Lipinski definition) is 0. The van der Waals surface area contributed by atoms with E-state index in [0.717, 1.165) is 0 Å². The van der Waals surface area contributed by atoms with Crippen LogP contribution in [0, 0.1) is 5.92 Å². The number of nitrogens with zero attached hydrogens (tertiary/aromatic N) is 4. The van der Waals surface area contributed by atoms with Gasteiger partial charge in [-0.3, -0.25) is 9.59 Å². The smallest absolute Gasteiger partial charge is 0.302 e. The van der Waals surface area contributed by atoms with E-state index in [0.29, 0.717) is 17.6 Å². The summed E-state index contributed by atoms with van der Waals surface area (Å²) in [6.45, 7) is 2.83. The van der Waals surface area contributed by atoms with Gasteiger partial charge in [0.05, 0.1) is 23.8 Å². The van der Waals surface area contributed by atoms with Crippen molar-refractivity contribution >= 4 is 62.2 Å². The van der Waals surface area contributed by atoms with Gasteiger partial charge in [0, 0.05) is 19.8 Å². The van der Waals surface area contributed by atoms with Crippen LogP contribution < -0.4 is 0 Å². The van der Waals surface area contributed by atoms with Crippen molar-refractivity contribution in [1.29, 1.82) is 0 Å². The molecule has 8 nitrogen and oxygen atoms in total. The van der Waals surface area contributed by atoms with Gasteiger partial charge in [-0.1, -0.05) is 27.5 Å². The molecule has 0 saturated heterocycles. The molecule has 0 N–H and O–H groups in total. The highest BCUT2D eigenvalue weighted by Gasteiger charge is 2.46. The van der Waals surface area contributed by atoms with Crippen molar-refractivity contribution in [1.82, 2.24) is 19.5 Å². The van der Waals surface area contributed by atoms with Crippen LogP contribution in [0.3, 0.4) is 0 Å². The van der Waals surface area contributed by atoms with Crippen molar-refractivity contribution in [3.8, 4) is 0 Å². The summed E-state index contributed by atoms with van der Waals surface area (Å²) in [6, 6.07) is -0.160. The Labute approximate surface area is 167 Å². The molecule has 2 aromatic rings. The molecule has 0 aliphatic heterocycles. The molecule has 140 valence electrons. The summed E-state index contributed by atoms with van der Waals surface area (Å²) < 4.78 is 12.4. The lowest BCUT2D eigenvalue weighted by Crippen LogP contribution is -2.31. The normalized spacial score (nSPS) is 25.4. The molecule has 26 heavy (non-hydrogen) atoms. The maximum Gasteiger partial charge on any atom is 0.302 e. The summed E-state index contributed by atoms with van der Waals surface area (Å²) in [4.78, 5) is 34.8. The molecule has 1 aliphatic rings. The van der Waals surface area contributed by atoms with Gasteiger partial charge in [-0.25, -0.2) is 9.97 Å². The molecule has 1 aliphatic carbocycles. The lowest BCUT2D eigenvalue weighted by molar-refractivity contribution is -0.150. The topological polar surface area (TPSA) is 96.2 Å². The van der Waals surface area contributed by atoms with Crippen LogP contribution in [0.25, 0.3) is 11.2 Å². The Morgan fingerprint density at radius 2 is 2.04 bits per heavy atom. The van der Waals surface area contributed by atoms with Crippen molar-refractivity contribution in [2.45, 2.75) is 37.2 Å². The van der Waals surface area contributed by atoms with Crippen LogP contribution in [-0.2, 0) is 19.1 Å². The van der Waals surface area contributed by atoms with Crippen molar-refractivity contribution in [2.75, 3.05) is 6.61 Å². The summed E-state index contributed by atoms with van der Waals surface area (Å²) in [7, 11) is 0. The van der Waals surface area contributed by atoms with Gasteiger partial charge in [0.1, 0.15) is 11.6 Å². The zero-order chi connectivity index (χ0) is 19.0. The van der Waals surface area contributed by atoms with Crippen molar-refractivity contribution in [2.24, 2.45) is 5.92 Å². The highest BCUT2D eigenvalue weighted by atomic mass is 79.9. The Morgan fingerprint density at radius 3 is 2.69 bits per heavy atom. The minimum Gasteiger partial charge on any atom is -0.465 e. The van der Waals surface area contributed by atoms with E-state index in [1.54, 1.807) is 6.33 Å². The first-order valence-electron chi connectivity index (χ1n) is 7.78. The average Bonchev–Trinajstić information content (AvgIpc) is 3.08. The molecule has 0 amide bonds. The fraction of sp³-hybridized carbons (Fsp3) is 0.533. The molecular formula is C15H15BrCl2N4O4. The quantitative estimate of drug-likeness (QED) is 0.296. The zero-order valence-corrected chi connectivity index (χ0v) is 17.0. The van der Waals surface area contributed by atoms with Crippen LogP contribution in [0.4, 0.5) is 0 Å². The van der Waals surface area contributed by atoms with Crippen molar-refractivity contribution < 1.29 is 19.1 Å². The number of esters is 2. The summed E-state index contributed by atoms with van der Waals surface area (Å²) >= 11 is 15.6. The van der Waals surface area contributed by atoms with Crippen LogP contribution in [0.1, 0.15) is 26.3 Å². The molecule has 0 unspecified atom stereocenters. The van der Waals surface area contributed by atoms with E-state index in [1.165, 1.54) is 13.8 Å².